The van der Waals surface area contributed by atoms with Crippen molar-refractivity contribution < 1.29 is 0 Å². The highest BCUT2D eigenvalue weighted by atomic mass is 16.1. The van der Waals surface area contributed by atoms with Gasteiger partial charge in [-0.25, -0.2) is 4.68 Å². The molecule has 1 aromatic heterocycles. The third-order valence-electron chi connectivity index (χ3n) is 2.62. The lowest BCUT2D eigenvalue weighted by Gasteiger charge is -2.02. The van der Waals surface area contributed by atoms with Crippen molar-refractivity contribution in [2.24, 2.45) is 0 Å². The summed E-state index contributed by atoms with van der Waals surface area (Å²) in [6.45, 7) is 3.95. The summed E-state index contributed by atoms with van der Waals surface area (Å²) in [4.78, 5) is 11.9. The number of hydrogen-bond donors (Lipinski definition) is 2. The molecule has 1 heterocycles. The van der Waals surface area contributed by atoms with Crippen molar-refractivity contribution in [1.82, 2.24) is 9.78 Å². The number of nitrogen functional groups attached to an aromatic ring is 1. The maximum atomic E-state index is 11.9. The Hall–Kier alpha value is -1.97. The minimum Gasteiger partial charge on any atom is -0.393 e. The fourth-order valence-electron chi connectivity index (χ4n) is 1.71. The van der Waals surface area contributed by atoms with Gasteiger partial charge in [0.1, 0.15) is 5.69 Å². The van der Waals surface area contributed by atoms with E-state index in [4.69, 9.17) is 5.73 Å². The first-order valence-corrected chi connectivity index (χ1v) is 5.30. The molecule has 3 N–H and O–H groups in total. The Morgan fingerprint density at radius 1 is 1.44 bits per heavy atom. The van der Waals surface area contributed by atoms with E-state index in [-0.39, 0.29) is 5.56 Å². The largest absolute Gasteiger partial charge is 0.393 e. The zero-order valence-corrected chi connectivity index (χ0v) is 9.45. The van der Waals surface area contributed by atoms with Gasteiger partial charge in [-0.3, -0.25) is 9.89 Å². The monoisotopic (exact) mass is 217 g/mol. The molecule has 0 unspecified atom stereocenters. The van der Waals surface area contributed by atoms with E-state index in [0.29, 0.717) is 5.69 Å². The van der Waals surface area contributed by atoms with Crippen molar-refractivity contribution >= 4 is 5.69 Å². The third kappa shape index (κ3) is 1.62. The van der Waals surface area contributed by atoms with Gasteiger partial charge >= 0.3 is 0 Å². The number of H-pyrrole nitrogens is 1. The molecule has 0 aliphatic heterocycles. The first-order chi connectivity index (χ1) is 7.63. The second kappa shape index (κ2) is 3.89. The normalized spacial score (nSPS) is 10.6. The van der Waals surface area contributed by atoms with Crippen LogP contribution in [-0.2, 0) is 6.42 Å². The van der Waals surface area contributed by atoms with Crippen LogP contribution in [-0.4, -0.2) is 9.78 Å². The molecule has 0 atom stereocenters. The molecule has 0 saturated carbocycles. The van der Waals surface area contributed by atoms with Gasteiger partial charge in [-0.2, -0.15) is 0 Å². The molecule has 16 heavy (non-hydrogen) atoms. The quantitative estimate of drug-likeness (QED) is 0.802. The first-order valence-electron chi connectivity index (χ1n) is 5.30. The van der Waals surface area contributed by atoms with Crippen molar-refractivity contribution in [3.05, 3.63) is 45.9 Å². The van der Waals surface area contributed by atoms with Gasteiger partial charge in [0.25, 0.3) is 5.56 Å². The molecule has 0 saturated heterocycles. The number of rotatable bonds is 2. The molecule has 0 bridgehead atoms. The van der Waals surface area contributed by atoms with Gasteiger partial charge in [-0.15, -0.1) is 0 Å². The molecular weight excluding hydrogens is 202 g/mol. The SMILES string of the molecule is CCc1[nH]n(-c2cccc(C)c2)c(=O)c1N. The topological polar surface area (TPSA) is 63.8 Å². The average molecular weight is 217 g/mol. The van der Waals surface area contributed by atoms with Crippen LogP contribution < -0.4 is 11.3 Å². The maximum absolute atomic E-state index is 11.9. The Kier molecular flexibility index (Phi) is 2.56. The summed E-state index contributed by atoms with van der Waals surface area (Å²) in [5.74, 6) is 0. The lowest BCUT2D eigenvalue weighted by atomic mass is 10.2. The molecule has 84 valence electrons. The Balaban J connectivity index is 2.61. The van der Waals surface area contributed by atoms with Crippen LogP contribution in [0.5, 0.6) is 0 Å². The second-order valence-corrected chi connectivity index (χ2v) is 3.84. The summed E-state index contributed by atoms with van der Waals surface area (Å²) in [5.41, 5.74) is 8.56. The lowest BCUT2D eigenvalue weighted by Crippen LogP contribution is -2.16. The highest BCUT2D eigenvalue weighted by Gasteiger charge is 2.10. The van der Waals surface area contributed by atoms with Crippen molar-refractivity contribution in [2.75, 3.05) is 5.73 Å². The van der Waals surface area contributed by atoms with Gasteiger partial charge in [-0.1, -0.05) is 19.1 Å². The number of nitrogens with zero attached hydrogens (tertiary/aromatic N) is 1. The van der Waals surface area contributed by atoms with E-state index in [1.807, 2.05) is 38.1 Å². The number of aromatic nitrogens is 2. The number of benzene rings is 1. The number of hydrogen-bond acceptors (Lipinski definition) is 2. The predicted octanol–water partition coefficient (Wildman–Crippen LogP) is 1.62. The smallest absolute Gasteiger partial charge is 0.294 e. The van der Waals surface area contributed by atoms with E-state index in [0.717, 1.165) is 23.4 Å². The van der Waals surface area contributed by atoms with E-state index in [1.54, 1.807) is 0 Å². The molecule has 4 nitrogen and oxygen atoms in total. The molecule has 0 amide bonds. The Labute approximate surface area is 93.7 Å². The summed E-state index contributed by atoms with van der Waals surface area (Å²) in [7, 11) is 0. The van der Waals surface area contributed by atoms with E-state index < -0.39 is 0 Å². The van der Waals surface area contributed by atoms with Crippen LogP contribution in [0, 0.1) is 6.92 Å². The van der Waals surface area contributed by atoms with Crippen molar-refractivity contribution in [3.63, 3.8) is 0 Å². The van der Waals surface area contributed by atoms with Gasteiger partial charge in [0, 0.05) is 0 Å². The first kappa shape index (κ1) is 10.5. The summed E-state index contributed by atoms with van der Waals surface area (Å²) < 4.78 is 1.49. The highest BCUT2D eigenvalue weighted by Crippen LogP contribution is 2.10. The zero-order chi connectivity index (χ0) is 11.7. The van der Waals surface area contributed by atoms with Crippen LogP contribution in [0.15, 0.2) is 29.1 Å². The van der Waals surface area contributed by atoms with Gasteiger partial charge in [0.2, 0.25) is 0 Å². The number of aromatic amines is 1. The van der Waals surface area contributed by atoms with Crippen molar-refractivity contribution in [1.29, 1.82) is 0 Å². The van der Waals surface area contributed by atoms with Crippen LogP contribution in [0.25, 0.3) is 5.69 Å². The molecule has 0 fully saturated rings. The molecule has 2 aromatic rings. The number of aryl methyl sites for hydroxylation is 2. The minimum absolute atomic E-state index is 0.178. The standard InChI is InChI=1S/C12H15N3O/c1-3-10-11(13)12(16)15(14-10)9-6-4-5-8(2)7-9/h4-7,14H,3,13H2,1-2H3. The maximum Gasteiger partial charge on any atom is 0.294 e. The zero-order valence-electron chi connectivity index (χ0n) is 9.45. The number of anilines is 1. The molecule has 0 spiro atoms. The summed E-state index contributed by atoms with van der Waals surface area (Å²) in [5, 5.41) is 3.02. The lowest BCUT2D eigenvalue weighted by molar-refractivity contribution is 0.818. The third-order valence-corrected chi connectivity index (χ3v) is 2.62. The molecule has 4 heteroatoms. The summed E-state index contributed by atoms with van der Waals surface area (Å²) in [6, 6.07) is 7.72. The van der Waals surface area contributed by atoms with E-state index >= 15 is 0 Å². The van der Waals surface area contributed by atoms with Crippen LogP contribution in [0.4, 0.5) is 5.69 Å². The number of nitrogens with one attached hydrogen (secondary N) is 1. The van der Waals surface area contributed by atoms with E-state index in [2.05, 4.69) is 5.10 Å². The molecule has 1 aromatic carbocycles. The van der Waals surface area contributed by atoms with Crippen molar-refractivity contribution in [3.8, 4) is 5.69 Å². The Morgan fingerprint density at radius 2 is 2.19 bits per heavy atom. The fraction of sp³-hybridized carbons (Fsp3) is 0.250. The van der Waals surface area contributed by atoms with E-state index in [1.165, 1.54) is 4.68 Å². The molecule has 0 radical (unpaired) electrons. The molecule has 0 aliphatic carbocycles. The van der Waals surface area contributed by atoms with Crippen molar-refractivity contribution in [2.45, 2.75) is 20.3 Å². The Morgan fingerprint density at radius 3 is 2.75 bits per heavy atom. The minimum atomic E-state index is -0.178. The van der Waals surface area contributed by atoms with Crippen LogP contribution in [0.3, 0.4) is 0 Å². The average Bonchev–Trinajstić information content (AvgIpc) is 2.56. The molecular formula is C12H15N3O. The van der Waals surface area contributed by atoms with Crippen LogP contribution in [0.2, 0.25) is 0 Å². The summed E-state index contributed by atoms with van der Waals surface area (Å²) >= 11 is 0. The van der Waals surface area contributed by atoms with Gasteiger partial charge in [-0.05, 0) is 31.0 Å². The Bertz CT molecular complexity index is 566. The molecule has 0 aliphatic rings. The van der Waals surface area contributed by atoms with Gasteiger partial charge < -0.3 is 5.73 Å². The second-order valence-electron chi connectivity index (χ2n) is 3.84. The summed E-state index contributed by atoms with van der Waals surface area (Å²) in [6.07, 6.45) is 0.722. The van der Waals surface area contributed by atoms with E-state index in [9.17, 15) is 4.79 Å². The number of nitrogens with two attached hydrogens (primary N) is 1. The van der Waals surface area contributed by atoms with Gasteiger partial charge in [0.15, 0.2) is 0 Å². The highest BCUT2D eigenvalue weighted by molar-refractivity contribution is 5.45. The molecule has 2 rings (SSSR count). The van der Waals surface area contributed by atoms with Crippen LogP contribution in [0.1, 0.15) is 18.2 Å². The van der Waals surface area contributed by atoms with Gasteiger partial charge in [0.05, 0.1) is 11.4 Å². The fourth-order valence-corrected chi connectivity index (χ4v) is 1.71. The predicted molar refractivity (Wildman–Crippen MR) is 64.9 cm³/mol. The van der Waals surface area contributed by atoms with Crippen LogP contribution >= 0.6 is 0 Å².